The largest absolute Gasteiger partial charge is 0.484 e. The van der Waals surface area contributed by atoms with Crippen LogP contribution in [0, 0.1) is 12.7 Å². The van der Waals surface area contributed by atoms with E-state index in [9.17, 15) is 18.8 Å². The summed E-state index contributed by atoms with van der Waals surface area (Å²) in [4.78, 5) is 35.6. The molecular weight excluding hydrogens is 427 g/mol. The summed E-state index contributed by atoms with van der Waals surface area (Å²) >= 11 is 0. The van der Waals surface area contributed by atoms with Crippen LogP contribution < -0.4 is 20.8 Å². The maximum atomic E-state index is 12.9. The van der Waals surface area contributed by atoms with Crippen LogP contribution >= 0.6 is 0 Å². The van der Waals surface area contributed by atoms with E-state index in [4.69, 9.17) is 4.74 Å². The molecule has 0 radical (unpaired) electrons. The molecule has 3 aromatic rings. The molecule has 0 saturated heterocycles. The van der Waals surface area contributed by atoms with Crippen LogP contribution in [0.3, 0.4) is 0 Å². The van der Waals surface area contributed by atoms with Gasteiger partial charge in [-0.15, -0.1) is 0 Å². The zero-order chi connectivity index (χ0) is 23.6. The topological polar surface area (TPSA) is 109 Å². The molecule has 8 nitrogen and oxygen atoms in total. The zero-order valence-corrected chi connectivity index (χ0v) is 17.7. The number of aryl methyl sites for hydroxylation is 1. The molecule has 3 amide bonds. The van der Waals surface area contributed by atoms with Gasteiger partial charge in [0, 0.05) is 11.4 Å². The summed E-state index contributed by atoms with van der Waals surface area (Å²) in [5.74, 6) is -2.18. The van der Waals surface area contributed by atoms with Crippen molar-refractivity contribution in [2.75, 3.05) is 17.2 Å². The van der Waals surface area contributed by atoms with Crippen molar-refractivity contribution in [1.82, 2.24) is 5.43 Å². The molecular formula is C24H21FN4O4. The number of ether oxygens (including phenoxy) is 1. The Balaban J connectivity index is 1.42. The number of halogens is 1. The number of rotatable bonds is 7. The van der Waals surface area contributed by atoms with E-state index in [-0.39, 0.29) is 18.2 Å². The minimum absolute atomic E-state index is 0.152. The van der Waals surface area contributed by atoms with E-state index in [0.717, 1.165) is 17.7 Å². The number of anilines is 2. The maximum Gasteiger partial charge on any atom is 0.329 e. The summed E-state index contributed by atoms with van der Waals surface area (Å²) in [5.41, 5.74) is 4.80. The van der Waals surface area contributed by atoms with Gasteiger partial charge in [0.2, 0.25) is 0 Å². The number of amides is 3. The Kier molecular flexibility index (Phi) is 7.85. The third-order valence-corrected chi connectivity index (χ3v) is 4.27. The fourth-order valence-electron chi connectivity index (χ4n) is 2.57. The molecule has 168 valence electrons. The van der Waals surface area contributed by atoms with Crippen LogP contribution in [0.4, 0.5) is 15.8 Å². The number of carbonyl (C=O) groups excluding carboxylic acids is 3. The second-order valence-corrected chi connectivity index (χ2v) is 6.93. The minimum Gasteiger partial charge on any atom is -0.484 e. The zero-order valence-electron chi connectivity index (χ0n) is 17.7. The van der Waals surface area contributed by atoms with Gasteiger partial charge in [-0.2, -0.15) is 5.10 Å². The average molecular weight is 448 g/mol. The highest BCUT2D eigenvalue weighted by Crippen LogP contribution is 2.12. The van der Waals surface area contributed by atoms with Gasteiger partial charge in [-0.25, -0.2) is 9.82 Å². The van der Waals surface area contributed by atoms with Crippen molar-refractivity contribution in [2.45, 2.75) is 6.92 Å². The van der Waals surface area contributed by atoms with Crippen LogP contribution in [-0.2, 0) is 14.4 Å². The lowest BCUT2D eigenvalue weighted by Gasteiger charge is -2.08. The summed E-state index contributed by atoms with van der Waals surface area (Å²) < 4.78 is 18.3. The van der Waals surface area contributed by atoms with Gasteiger partial charge in [-0.3, -0.25) is 14.4 Å². The third-order valence-electron chi connectivity index (χ3n) is 4.27. The molecule has 0 atom stereocenters. The van der Waals surface area contributed by atoms with Crippen molar-refractivity contribution >= 4 is 35.3 Å². The van der Waals surface area contributed by atoms with Gasteiger partial charge in [-0.1, -0.05) is 17.7 Å². The summed E-state index contributed by atoms with van der Waals surface area (Å²) in [6.45, 7) is 1.81. The van der Waals surface area contributed by atoms with E-state index in [1.165, 1.54) is 18.3 Å². The lowest BCUT2D eigenvalue weighted by atomic mass is 10.2. The van der Waals surface area contributed by atoms with Crippen molar-refractivity contribution in [1.29, 1.82) is 0 Å². The standard InChI is InChI=1S/C24H21FN4O4/c1-16-2-8-19(9-3-16)27-22(30)15-33-21-12-4-17(5-13-21)14-26-29-24(32)23(31)28-20-10-6-18(25)7-11-20/h2-14H,15H2,1H3,(H,27,30)(H,28,31)(H,29,32)/b26-14-. The Morgan fingerprint density at radius 3 is 2.12 bits per heavy atom. The second-order valence-electron chi connectivity index (χ2n) is 6.93. The van der Waals surface area contributed by atoms with Crippen molar-refractivity contribution in [3.63, 3.8) is 0 Å². The van der Waals surface area contributed by atoms with Gasteiger partial charge in [0.25, 0.3) is 5.91 Å². The Hall–Kier alpha value is -4.53. The predicted molar refractivity (Wildman–Crippen MR) is 123 cm³/mol. The van der Waals surface area contributed by atoms with Crippen molar-refractivity contribution in [3.8, 4) is 5.75 Å². The van der Waals surface area contributed by atoms with Gasteiger partial charge >= 0.3 is 11.8 Å². The van der Waals surface area contributed by atoms with Gasteiger partial charge in [0.1, 0.15) is 11.6 Å². The van der Waals surface area contributed by atoms with Crippen molar-refractivity contribution in [3.05, 3.63) is 89.7 Å². The molecule has 0 unspecified atom stereocenters. The average Bonchev–Trinajstić information content (AvgIpc) is 2.81. The molecule has 0 bridgehead atoms. The quantitative estimate of drug-likeness (QED) is 0.293. The van der Waals surface area contributed by atoms with Gasteiger partial charge in [0.15, 0.2) is 6.61 Å². The number of carbonyl (C=O) groups is 3. The number of hydrogen-bond donors (Lipinski definition) is 3. The third kappa shape index (κ3) is 7.59. The van der Waals surface area contributed by atoms with Crippen LogP contribution in [0.1, 0.15) is 11.1 Å². The molecule has 0 heterocycles. The summed E-state index contributed by atoms with van der Waals surface area (Å²) in [6, 6.07) is 19.0. The highest BCUT2D eigenvalue weighted by molar-refractivity contribution is 6.39. The maximum absolute atomic E-state index is 12.9. The first-order valence-electron chi connectivity index (χ1n) is 9.88. The molecule has 3 aromatic carbocycles. The molecule has 3 N–H and O–H groups in total. The number of hydrogen-bond acceptors (Lipinski definition) is 5. The summed E-state index contributed by atoms with van der Waals surface area (Å²) in [6.07, 6.45) is 1.34. The summed E-state index contributed by atoms with van der Waals surface area (Å²) in [5, 5.41) is 8.79. The van der Waals surface area contributed by atoms with E-state index in [1.807, 2.05) is 31.2 Å². The Morgan fingerprint density at radius 2 is 1.45 bits per heavy atom. The lowest BCUT2D eigenvalue weighted by molar-refractivity contribution is -0.136. The molecule has 0 aromatic heterocycles. The first-order chi connectivity index (χ1) is 15.9. The van der Waals surface area contributed by atoms with Crippen molar-refractivity contribution in [2.24, 2.45) is 5.10 Å². The monoisotopic (exact) mass is 448 g/mol. The lowest BCUT2D eigenvalue weighted by Crippen LogP contribution is -2.32. The van der Waals surface area contributed by atoms with Crippen LogP contribution in [0.5, 0.6) is 5.75 Å². The van der Waals surface area contributed by atoms with Crippen LogP contribution in [0.15, 0.2) is 77.9 Å². The van der Waals surface area contributed by atoms with E-state index >= 15 is 0 Å². The normalized spacial score (nSPS) is 10.5. The van der Waals surface area contributed by atoms with Gasteiger partial charge < -0.3 is 15.4 Å². The molecule has 0 spiro atoms. The van der Waals surface area contributed by atoms with E-state index in [0.29, 0.717) is 17.0 Å². The van der Waals surface area contributed by atoms with Crippen LogP contribution in [0.25, 0.3) is 0 Å². The first-order valence-corrected chi connectivity index (χ1v) is 9.88. The second kappa shape index (κ2) is 11.2. The highest BCUT2D eigenvalue weighted by Gasteiger charge is 2.12. The number of nitrogens with one attached hydrogen (secondary N) is 3. The fraction of sp³-hybridized carbons (Fsp3) is 0.0833. The molecule has 0 fully saturated rings. The number of nitrogens with zero attached hydrogens (tertiary/aromatic N) is 1. The van der Waals surface area contributed by atoms with E-state index < -0.39 is 17.6 Å². The fourth-order valence-corrected chi connectivity index (χ4v) is 2.57. The van der Waals surface area contributed by atoms with E-state index in [2.05, 4.69) is 21.2 Å². The molecule has 9 heteroatoms. The van der Waals surface area contributed by atoms with Crippen molar-refractivity contribution < 1.29 is 23.5 Å². The van der Waals surface area contributed by atoms with Crippen LogP contribution in [-0.4, -0.2) is 30.5 Å². The molecule has 0 saturated carbocycles. The summed E-state index contributed by atoms with van der Waals surface area (Å²) in [7, 11) is 0. The minimum atomic E-state index is -0.977. The Morgan fingerprint density at radius 1 is 0.848 bits per heavy atom. The van der Waals surface area contributed by atoms with Gasteiger partial charge in [-0.05, 0) is 73.2 Å². The molecule has 0 aliphatic rings. The molecule has 0 aliphatic heterocycles. The molecule has 33 heavy (non-hydrogen) atoms. The van der Waals surface area contributed by atoms with E-state index in [1.54, 1.807) is 24.3 Å². The Bertz CT molecular complexity index is 1140. The van der Waals surface area contributed by atoms with Gasteiger partial charge in [0.05, 0.1) is 6.21 Å². The SMILES string of the molecule is Cc1ccc(NC(=O)COc2ccc(/C=N\NC(=O)C(=O)Nc3ccc(F)cc3)cc2)cc1. The smallest absolute Gasteiger partial charge is 0.329 e. The number of benzene rings is 3. The molecule has 0 aliphatic carbocycles. The van der Waals surface area contributed by atoms with Crippen LogP contribution in [0.2, 0.25) is 0 Å². The highest BCUT2D eigenvalue weighted by atomic mass is 19.1. The first kappa shape index (κ1) is 23.1. The number of hydrazone groups is 1. The Labute approximate surface area is 189 Å². The molecule has 3 rings (SSSR count). The predicted octanol–water partition coefficient (Wildman–Crippen LogP) is 3.24.